The third kappa shape index (κ3) is 2.45. The zero-order valence-electron chi connectivity index (χ0n) is 11.8. The van der Waals surface area contributed by atoms with Crippen LogP contribution in [0.1, 0.15) is 29.9 Å². The predicted molar refractivity (Wildman–Crippen MR) is 80.4 cm³/mol. The second-order valence-corrected chi connectivity index (χ2v) is 5.02. The molecule has 0 radical (unpaired) electrons. The van der Waals surface area contributed by atoms with Gasteiger partial charge in [-0.3, -0.25) is 4.98 Å². The maximum Gasteiger partial charge on any atom is 0.134 e. The number of nitrogens with one attached hydrogen (secondary N) is 1. The van der Waals surface area contributed by atoms with Crippen molar-refractivity contribution in [1.82, 2.24) is 10.3 Å². The largest absolute Gasteiger partial charge is 0.461 e. The molecule has 0 aliphatic heterocycles. The predicted octanol–water partition coefficient (Wildman–Crippen LogP) is 3.99. The molecular formula is C17H18N2O. The summed E-state index contributed by atoms with van der Waals surface area (Å²) in [5.41, 5.74) is 3.38. The number of hydrogen-bond donors (Lipinski definition) is 1. The first-order valence-corrected chi connectivity index (χ1v) is 6.86. The molecule has 0 aliphatic rings. The van der Waals surface area contributed by atoms with Gasteiger partial charge in [-0.05, 0) is 31.5 Å². The highest BCUT2D eigenvalue weighted by Crippen LogP contribution is 2.25. The van der Waals surface area contributed by atoms with Crippen LogP contribution in [0.15, 0.2) is 53.2 Å². The number of rotatable bonds is 4. The smallest absolute Gasteiger partial charge is 0.134 e. The lowest BCUT2D eigenvalue weighted by Crippen LogP contribution is -2.18. The summed E-state index contributed by atoms with van der Waals surface area (Å²) in [6.07, 6.45) is 3.70. The zero-order valence-corrected chi connectivity index (χ0v) is 11.8. The molecule has 0 saturated carbocycles. The normalized spacial score (nSPS) is 12.7. The zero-order chi connectivity index (χ0) is 13.9. The first-order chi connectivity index (χ1) is 9.75. The molecule has 2 heterocycles. The van der Waals surface area contributed by atoms with Gasteiger partial charge in [-0.15, -0.1) is 0 Å². The molecule has 3 nitrogen and oxygen atoms in total. The number of aromatic nitrogens is 1. The average molecular weight is 266 g/mol. The van der Waals surface area contributed by atoms with E-state index in [2.05, 4.69) is 29.4 Å². The summed E-state index contributed by atoms with van der Waals surface area (Å²) in [5.74, 6) is 0.983. The highest BCUT2D eigenvalue weighted by Gasteiger charge is 2.12. The fraction of sp³-hybridized carbons (Fsp3) is 0.235. The van der Waals surface area contributed by atoms with Crippen LogP contribution < -0.4 is 5.32 Å². The van der Waals surface area contributed by atoms with E-state index in [4.69, 9.17) is 4.42 Å². The molecule has 1 atom stereocenters. The third-order valence-electron chi connectivity index (χ3n) is 3.67. The van der Waals surface area contributed by atoms with Crippen molar-refractivity contribution in [2.75, 3.05) is 0 Å². The van der Waals surface area contributed by atoms with Gasteiger partial charge in [0.25, 0.3) is 0 Å². The van der Waals surface area contributed by atoms with Crippen molar-refractivity contribution in [3.8, 4) is 0 Å². The summed E-state index contributed by atoms with van der Waals surface area (Å²) in [7, 11) is 0. The topological polar surface area (TPSA) is 38.1 Å². The summed E-state index contributed by atoms with van der Waals surface area (Å²) in [6, 6.07) is 12.5. The third-order valence-corrected chi connectivity index (χ3v) is 3.67. The van der Waals surface area contributed by atoms with Gasteiger partial charge in [0.1, 0.15) is 11.3 Å². The lowest BCUT2D eigenvalue weighted by atomic mass is 10.1. The number of furan rings is 1. The highest BCUT2D eigenvalue weighted by molar-refractivity contribution is 5.82. The lowest BCUT2D eigenvalue weighted by Gasteiger charge is -2.13. The summed E-state index contributed by atoms with van der Waals surface area (Å²) < 4.78 is 5.78. The SMILES string of the molecule is Cc1oc2ccccc2c1CNC(C)c1cccnc1. The van der Waals surface area contributed by atoms with Crippen LogP contribution >= 0.6 is 0 Å². The number of para-hydroxylation sites is 1. The van der Waals surface area contributed by atoms with Gasteiger partial charge in [-0.25, -0.2) is 0 Å². The Morgan fingerprint density at radius 2 is 2.05 bits per heavy atom. The first-order valence-electron chi connectivity index (χ1n) is 6.86. The fourth-order valence-corrected chi connectivity index (χ4v) is 2.45. The molecule has 0 saturated heterocycles. The van der Waals surface area contributed by atoms with Gasteiger partial charge in [-0.1, -0.05) is 24.3 Å². The Balaban J connectivity index is 1.79. The summed E-state index contributed by atoms with van der Waals surface area (Å²) >= 11 is 0. The Hall–Kier alpha value is -2.13. The molecule has 102 valence electrons. The van der Waals surface area contributed by atoms with Gasteiger partial charge in [0.15, 0.2) is 0 Å². The van der Waals surface area contributed by atoms with E-state index in [1.807, 2.05) is 37.4 Å². The Morgan fingerprint density at radius 1 is 1.20 bits per heavy atom. The summed E-state index contributed by atoms with van der Waals surface area (Å²) in [5, 5.41) is 4.72. The van der Waals surface area contributed by atoms with Gasteiger partial charge in [0.05, 0.1) is 0 Å². The quantitative estimate of drug-likeness (QED) is 0.776. The molecule has 3 heteroatoms. The van der Waals surface area contributed by atoms with E-state index < -0.39 is 0 Å². The van der Waals surface area contributed by atoms with E-state index >= 15 is 0 Å². The second kappa shape index (κ2) is 5.47. The van der Waals surface area contributed by atoms with E-state index in [1.54, 1.807) is 6.20 Å². The molecule has 0 aliphatic carbocycles. The monoisotopic (exact) mass is 266 g/mol. The van der Waals surface area contributed by atoms with Gasteiger partial charge in [0, 0.05) is 35.9 Å². The van der Waals surface area contributed by atoms with Crippen LogP contribution in [0, 0.1) is 6.92 Å². The number of benzene rings is 1. The van der Waals surface area contributed by atoms with Crippen LogP contribution in [0.5, 0.6) is 0 Å². The second-order valence-electron chi connectivity index (χ2n) is 5.02. The molecule has 0 spiro atoms. The minimum atomic E-state index is 0.261. The van der Waals surface area contributed by atoms with E-state index in [9.17, 15) is 0 Å². The van der Waals surface area contributed by atoms with Gasteiger partial charge < -0.3 is 9.73 Å². The molecule has 0 amide bonds. The average Bonchev–Trinajstić information content (AvgIpc) is 2.81. The summed E-state index contributed by atoms with van der Waals surface area (Å²) in [4.78, 5) is 4.16. The minimum absolute atomic E-state index is 0.261. The maximum absolute atomic E-state index is 5.78. The van der Waals surface area contributed by atoms with E-state index in [-0.39, 0.29) is 6.04 Å². The Bertz CT molecular complexity index is 703. The number of hydrogen-bond acceptors (Lipinski definition) is 3. The molecular weight excluding hydrogens is 248 g/mol. The van der Waals surface area contributed by atoms with Crippen LogP contribution in [0.25, 0.3) is 11.0 Å². The van der Waals surface area contributed by atoms with E-state index in [0.717, 1.165) is 17.9 Å². The standard InChI is InChI=1S/C17H18N2O/c1-12(14-6-5-9-18-10-14)19-11-16-13(2)20-17-8-4-3-7-15(16)17/h3-10,12,19H,11H2,1-2H3. The Kier molecular flexibility index (Phi) is 3.52. The number of aryl methyl sites for hydroxylation is 1. The molecule has 1 aromatic carbocycles. The molecule has 0 bridgehead atoms. The number of nitrogens with zero attached hydrogens (tertiary/aromatic N) is 1. The van der Waals surface area contributed by atoms with Crippen LogP contribution in [-0.4, -0.2) is 4.98 Å². The van der Waals surface area contributed by atoms with Crippen molar-refractivity contribution in [3.63, 3.8) is 0 Å². The van der Waals surface area contributed by atoms with Crippen molar-refractivity contribution in [2.45, 2.75) is 26.4 Å². The van der Waals surface area contributed by atoms with Gasteiger partial charge >= 0.3 is 0 Å². The molecule has 20 heavy (non-hydrogen) atoms. The molecule has 2 aromatic heterocycles. The molecule has 0 fully saturated rings. The van der Waals surface area contributed by atoms with E-state index in [1.165, 1.54) is 16.5 Å². The Labute approximate surface area is 118 Å². The van der Waals surface area contributed by atoms with E-state index in [0.29, 0.717) is 0 Å². The van der Waals surface area contributed by atoms with Crippen molar-refractivity contribution in [3.05, 3.63) is 65.7 Å². The minimum Gasteiger partial charge on any atom is -0.461 e. The fourth-order valence-electron chi connectivity index (χ4n) is 2.45. The van der Waals surface area contributed by atoms with Gasteiger partial charge in [-0.2, -0.15) is 0 Å². The number of pyridine rings is 1. The Morgan fingerprint density at radius 3 is 2.85 bits per heavy atom. The van der Waals surface area contributed by atoms with Crippen molar-refractivity contribution >= 4 is 11.0 Å². The van der Waals surface area contributed by atoms with Crippen LogP contribution in [-0.2, 0) is 6.54 Å². The van der Waals surface area contributed by atoms with Crippen LogP contribution in [0.3, 0.4) is 0 Å². The molecule has 1 N–H and O–H groups in total. The van der Waals surface area contributed by atoms with Gasteiger partial charge in [0.2, 0.25) is 0 Å². The molecule has 3 aromatic rings. The molecule has 3 rings (SSSR count). The van der Waals surface area contributed by atoms with Crippen molar-refractivity contribution in [2.24, 2.45) is 0 Å². The molecule has 1 unspecified atom stereocenters. The van der Waals surface area contributed by atoms with Crippen LogP contribution in [0.4, 0.5) is 0 Å². The highest BCUT2D eigenvalue weighted by atomic mass is 16.3. The van der Waals surface area contributed by atoms with Crippen molar-refractivity contribution in [1.29, 1.82) is 0 Å². The lowest BCUT2D eigenvalue weighted by molar-refractivity contribution is 0.543. The first kappa shape index (κ1) is 12.9. The summed E-state index contributed by atoms with van der Waals surface area (Å²) in [6.45, 7) is 4.96. The number of fused-ring (bicyclic) bond motifs is 1. The van der Waals surface area contributed by atoms with Crippen molar-refractivity contribution < 1.29 is 4.42 Å². The maximum atomic E-state index is 5.78. The van der Waals surface area contributed by atoms with Crippen LogP contribution in [0.2, 0.25) is 0 Å².